The normalized spacial score (nSPS) is 21.5. The Bertz CT molecular complexity index is 441. The predicted molar refractivity (Wildman–Crippen MR) is 82.9 cm³/mol. The Morgan fingerprint density at radius 1 is 1.53 bits per heavy atom. The molecule has 0 bridgehead atoms. The molecular weight excluding hydrogens is 236 g/mol. The quantitative estimate of drug-likeness (QED) is 0.587. The minimum absolute atomic E-state index is 0.756. The van der Waals surface area contributed by atoms with Crippen molar-refractivity contribution in [2.24, 2.45) is 10.2 Å². The van der Waals surface area contributed by atoms with Crippen molar-refractivity contribution in [1.82, 2.24) is 10.4 Å². The molecule has 0 saturated heterocycles. The molecule has 0 radical (unpaired) electrons. The van der Waals surface area contributed by atoms with Gasteiger partial charge in [0.25, 0.3) is 0 Å². The van der Waals surface area contributed by atoms with Crippen molar-refractivity contribution in [3.8, 4) is 0 Å². The zero-order valence-corrected chi connectivity index (χ0v) is 11.8. The van der Waals surface area contributed by atoms with Gasteiger partial charge in [0, 0.05) is 37.8 Å². The second-order valence-corrected chi connectivity index (χ2v) is 4.10. The Labute approximate surface area is 115 Å². The average molecular weight is 258 g/mol. The predicted octanol–water partition coefficient (Wildman–Crippen LogP) is 3.19. The van der Waals surface area contributed by atoms with Crippen molar-refractivity contribution in [1.29, 1.82) is 0 Å². The van der Waals surface area contributed by atoms with Crippen molar-refractivity contribution in [2.45, 2.75) is 26.7 Å². The van der Waals surface area contributed by atoms with Crippen molar-refractivity contribution in [3.63, 3.8) is 0 Å². The minimum atomic E-state index is 0.756. The van der Waals surface area contributed by atoms with Gasteiger partial charge in [0.05, 0.1) is 0 Å². The number of hydrazone groups is 2. The van der Waals surface area contributed by atoms with Gasteiger partial charge in [-0.15, -0.1) is 0 Å². The third-order valence-electron chi connectivity index (χ3n) is 2.80. The molecule has 0 aromatic carbocycles. The van der Waals surface area contributed by atoms with Crippen molar-refractivity contribution >= 4 is 12.9 Å². The highest BCUT2D eigenvalue weighted by Gasteiger charge is 2.10. The van der Waals surface area contributed by atoms with E-state index in [1.54, 1.807) is 6.21 Å². The fourth-order valence-electron chi connectivity index (χ4n) is 1.82. The molecule has 0 unspecified atom stereocenters. The molecule has 102 valence electrons. The summed E-state index contributed by atoms with van der Waals surface area (Å²) in [5, 5.41) is 9.96. The van der Waals surface area contributed by atoms with Crippen LogP contribution in [-0.2, 0) is 0 Å². The van der Waals surface area contributed by atoms with Crippen molar-refractivity contribution in [3.05, 3.63) is 47.9 Å². The van der Waals surface area contributed by atoms with Crippen LogP contribution in [-0.4, -0.2) is 24.5 Å². The Morgan fingerprint density at radius 3 is 2.95 bits per heavy atom. The molecule has 1 aliphatic rings. The van der Waals surface area contributed by atoms with Crippen LogP contribution < -0.4 is 5.43 Å². The first-order valence-corrected chi connectivity index (χ1v) is 6.49. The first kappa shape index (κ1) is 15.0. The van der Waals surface area contributed by atoms with E-state index in [0.29, 0.717) is 0 Å². The number of rotatable bonds is 6. The zero-order valence-electron chi connectivity index (χ0n) is 11.8. The second-order valence-electron chi connectivity index (χ2n) is 4.10. The SMILES string of the molecule is C=NN(CC)/C(=C\CC)C/C1=C/N/N=C\C=C/C1=C. The van der Waals surface area contributed by atoms with E-state index in [9.17, 15) is 0 Å². The van der Waals surface area contributed by atoms with Crippen molar-refractivity contribution < 1.29 is 0 Å². The Morgan fingerprint density at radius 2 is 2.32 bits per heavy atom. The van der Waals surface area contributed by atoms with E-state index in [0.717, 1.165) is 36.2 Å². The molecule has 0 aromatic rings. The lowest BCUT2D eigenvalue weighted by Crippen LogP contribution is -2.17. The van der Waals surface area contributed by atoms with Gasteiger partial charge >= 0.3 is 0 Å². The maximum absolute atomic E-state index is 4.07. The van der Waals surface area contributed by atoms with E-state index in [1.165, 1.54) is 0 Å². The molecule has 0 aromatic heterocycles. The minimum Gasteiger partial charge on any atom is -0.286 e. The molecule has 1 N–H and O–H groups in total. The lowest BCUT2D eigenvalue weighted by atomic mass is 10.0. The van der Waals surface area contributed by atoms with Gasteiger partial charge in [-0.2, -0.15) is 10.2 Å². The molecule has 0 fully saturated rings. The molecule has 1 heterocycles. The monoisotopic (exact) mass is 258 g/mol. The van der Waals surface area contributed by atoms with Crippen LogP contribution in [0.1, 0.15) is 26.7 Å². The van der Waals surface area contributed by atoms with Crippen molar-refractivity contribution in [2.75, 3.05) is 6.54 Å². The van der Waals surface area contributed by atoms with Crippen LogP contribution >= 0.6 is 0 Å². The van der Waals surface area contributed by atoms with Crippen LogP contribution in [0, 0.1) is 0 Å². The van der Waals surface area contributed by atoms with E-state index >= 15 is 0 Å². The Hall–Kier alpha value is -2.10. The van der Waals surface area contributed by atoms with Gasteiger partial charge in [0.2, 0.25) is 0 Å². The second kappa shape index (κ2) is 8.08. The maximum Gasteiger partial charge on any atom is 0.0472 e. The summed E-state index contributed by atoms with van der Waals surface area (Å²) in [6.45, 7) is 12.7. The Balaban J connectivity index is 2.92. The first-order valence-electron chi connectivity index (χ1n) is 6.49. The molecule has 1 aliphatic heterocycles. The summed E-state index contributed by atoms with van der Waals surface area (Å²) in [6.07, 6.45) is 11.3. The maximum atomic E-state index is 4.07. The van der Waals surface area contributed by atoms with Crippen LogP contribution in [0.5, 0.6) is 0 Å². The molecule has 19 heavy (non-hydrogen) atoms. The van der Waals surface area contributed by atoms with Gasteiger partial charge in [-0.3, -0.25) is 10.4 Å². The highest BCUT2D eigenvalue weighted by molar-refractivity contribution is 5.72. The molecule has 0 atom stereocenters. The summed E-state index contributed by atoms with van der Waals surface area (Å²) in [6, 6.07) is 0. The Kier molecular flexibility index (Phi) is 6.36. The summed E-state index contributed by atoms with van der Waals surface area (Å²) in [7, 11) is 0. The highest BCUT2D eigenvalue weighted by Crippen LogP contribution is 2.22. The molecular formula is C15H22N4. The topological polar surface area (TPSA) is 40.0 Å². The van der Waals surface area contributed by atoms with Gasteiger partial charge < -0.3 is 0 Å². The largest absolute Gasteiger partial charge is 0.286 e. The van der Waals surface area contributed by atoms with Gasteiger partial charge in [0.15, 0.2) is 0 Å². The molecule has 4 nitrogen and oxygen atoms in total. The van der Waals surface area contributed by atoms with Crippen LogP contribution in [0.25, 0.3) is 0 Å². The summed E-state index contributed by atoms with van der Waals surface area (Å²) in [4.78, 5) is 0. The average Bonchev–Trinajstić information content (AvgIpc) is 2.39. The van der Waals surface area contributed by atoms with Crippen LogP contribution in [0.3, 0.4) is 0 Å². The molecule has 0 saturated carbocycles. The first-order chi connectivity index (χ1) is 9.22. The van der Waals surface area contributed by atoms with Crippen LogP contribution in [0.2, 0.25) is 0 Å². The summed E-state index contributed by atoms with van der Waals surface area (Å²) >= 11 is 0. The van der Waals surface area contributed by atoms with E-state index in [4.69, 9.17) is 0 Å². The van der Waals surface area contributed by atoms with E-state index in [1.807, 2.05) is 23.4 Å². The molecule has 4 heteroatoms. The van der Waals surface area contributed by atoms with E-state index < -0.39 is 0 Å². The van der Waals surface area contributed by atoms with Crippen LogP contribution in [0.4, 0.5) is 0 Å². The molecule has 0 spiro atoms. The smallest absolute Gasteiger partial charge is 0.0472 e. The molecule has 0 amide bonds. The number of nitrogens with zero attached hydrogens (tertiary/aromatic N) is 3. The fourth-order valence-corrected chi connectivity index (χ4v) is 1.82. The summed E-state index contributed by atoms with van der Waals surface area (Å²) in [5.74, 6) is 0. The number of hydrogen-bond donors (Lipinski definition) is 1. The molecule has 0 aliphatic carbocycles. The lowest BCUT2D eigenvalue weighted by Gasteiger charge is -2.22. The van der Waals surface area contributed by atoms with E-state index in [2.05, 4.69) is 48.8 Å². The third kappa shape index (κ3) is 4.58. The van der Waals surface area contributed by atoms with E-state index in [-0.39, 0.29) is 0 Å². The molecule has 1 rings (SSSR count). The van der Waals surface area contributed by atoms with Gasteiger partial charge in [-0.1, -0.05) is 25.7 Å². The van der Waals surface area contributed by atoms with Crippen LogP contribution in [0.15, 0.2) is 58.1 Å². The number of allylic oxidation sites excluding steroid dienone is 5. The summed E-state index contributed by atoms with van der Waals surface area (Å²) < 4.78 is 0. The number of nitrogens with one attached hydrogen (secondary N) is 1. The van der Waals surface area contributed by atoms with Gasteiger partial charge in [-0.25, -0.2) is 0 Å². The zero-order chi connectivity index (χ0) is 14.1. The lowest BCUT2D eigenvalue weighted by molar-refractivity contribution is 0.377. The van der Waals surface area contributed by atoms with Gasteiger partial charge in [0.1, 0.15) is 0 Å². The van der Waals surface area contributed by atoms with Gasteiger partial charge in [-0.05, 0) is 30.6 Å². The fraction of sp³-hybridized carbons (Fsp3) is 0.333. The highest BCUT2D eigenvalue weighted by atomic mass is 15.4. The summed E-state index contributed by atoms with van der Waals surface area (Å²) in [5.41, 5.74) is 6.09. The number of hydrogen-bond acceptors (Lipinski definition) is 4. The standard InChI is InChI=1S/C15H22N4/c1-5-8-15(19(6-2)16-4)11-14-12-18-17-10-7-9-13(14)3/h7-10,12,18H,3-6,11H2,1-2H3/b9-7-,14-12-,15-8-,17-10-. The third-order valence-corrected chi connectivity index (χ3v) is 2.80.